The minimum absolute atomic E-state index is 0.0179. The average molecular weight is 486 g/mol. The molecule has 1 saturated heterocycles. The summed E-state index contributed by atoms with van der Waals surface area (Å²) in [6, 6.07) is 7.09. The van der Waals surface area contributed by atoms with E-state index in [1.165, 1.54) is 0 Å². The lowest BCUT2D eigenvalue weighted by Gasteiger charge is -2.28. The van der Waals surface area contributed by atoms with Gasteiger partial charge in [-0.15, -0.1) is 5.10 Å². The SMILES string of the molecule is CCCCSc1nc2n(n1)C(c1ccc(OCC(=O)N3CCOCC3)cc1)C(C(C)=O)=C(C)N2. The van der Waals surface area contributed by atoms with Crippen molar-refractivity contribution in [1.82, 2.24) is 19.7 Å². The molecule has 1 aromatic heterocycles. The molecular formula is C24H31N5O4S. The average Bonchev–Trinajstić information content (AvgIpc) is 3.24. The second kappa shape index (κ2) is 11.1. The van der Waals surface area contributed by atoms with E-state index in [1.807, 2.05) is 31.2 Å². The molecule has 2 aromatic rings. The van der Waals surface area contributed by atoms with Crippen LogP contribution >= 0.6 is 11.8 Å². The maximum absolute atomic E-state index is 12.6. The van der Waals surface area contributed by atoms with Gasteiger partial charge in [0.25, 0.3) is 5.91 Å². The number of fused-ring (bicyclic) bond motifs is 1. The highest BCUT2D eigenvalue weighted by molar-refractivity contribution is 7.99. The van der Waals surface area contributed by atoms with Gasteiger partial charge in [-0.2, -0.15) is 4.98 Å². The Morgan fingerprint density at radius 3 is 2.65 bits per heavy atom. The molecule has 1 amide bonds. The number of nitrogens with zero attached hydrogens (tertiary/aromatic N) is 4. The molecule has 2 aliphatic heterocycles. The molecule has 182 valence electrons. The van der Waals surface area contributed by atoms with Crippen LogP contribution in [0.15, 0.2) is 40.7 Å². The summed E-state index contributed by atoms with van der Waals surface area (Å²) in [6.07, 6.45) is 2.21. The Morgan fingerprint density at radius 1 is 1.24 bits per heavy atom. The molecule has 1 atom stereocenters. The smallest absolute Gasteiger partial charge is 0.260 e. The van der Waals surface area contributed by atoms with E-state index in [1.54, 1.807) is 28.3 Å². The predicted molar refractivity (Wildman–Crippen MR) is 130 cm³/mol. The first-order valence-electron chi connectivity index (χ1n) is 11.6. The highest BCUT2D eigenvalue weighted by Gasteiger charge is 2.32. The summed E-state index contributed by atoms with van der Waals surface area (Å²) >= 11 is 1.62. The zero-order chi connectivity index (χ0) is 24.1. The fraction of sp³-hybridized carbons (Fsp3) is 0.500. The quantitative estimate of drug-likeness (QED) is 0.427. The van der Waals surface area contributed by atoms with Crippen molar-refractivity contribution in [2.24, 2.45) is 0 Å². The van der Waals surface area contributed by atoms with E-state index in [0.29, 0.717) is 48.7 Å². The normalized spacial score (nSPS) is 17.9. The second-order valence-electron chi connectivity index (χ2n) is 8.34. The number of rotatable bonds is 9. The zero-order valence-electron chi connectivity index (χ0n) is 19.9. The maximum atomic E-state index is 12.6. The number of hydrogen-bond acceptors (Lipinski definition) is 8. The Labute approximate surface area is 203 Å². The fourth-order valence-corrected chi connectivity index (χ4v) is 4.97. The third-order valence-corrected chi connectivity index (χ3v) is 6.79. The van der Waals surface area contributed by atoms with Gasteiger partial charge < -0.3 is 19.7 Å². The Bertz CT molecular complexity index is 1060. The second-order valence-corrected chi connectivity index (χ2v) is 9.40. The number of carbonyl (C=O) groups is 2. The molecule has 1 unspecified atom stereocenters. The number of allylic oxidation sites excluding steroid dienone is 2. The summed E-state index contributed by atoms with van der Waals surface area (Å²) in [6.45, 7) is 7.90. The van der Waals surface area contributed by atoms with Crippen LogP contribution in [-0.4, -0.2) is 70.0 Å². The summed E-state index contributed by atoms with van der Waals surface area (Å²) in [5, 5.41) is 8.64. The Hall–Kier alpha value is -2.85. The monoisotopic (exact) mass is 485 g/mol. The largest absolute Gasteiger partial charge is 0.484 e. The van der Waals surface area contributed by atoms with Gasteiger partial charge in [0.1, 0.15) is 11.8 Å². The van der Waals surface area contributed by atoms with E-state index < -0.39 is 0 Å². The number of aromatic nitrogens is 3. The van der Waals surface area contributed by atoms with Crippen LogP contribution in [0.4, 0.5) is 5.95 Å². The number of nitrogens with one attached hydrogen (secondary N) is 1. The fourth-order valence-electron chi connectivity index (χ4n) is 4.06. The van der Waals surface area contributed by atoms with Crippen LogP contribution in [0.1, 0.15) is 45.2 Å². The Morgan fingerprint density at radius 2 is 1.97 bits per heavy atom. The number of thioether (sulfide) groups is 1. The van der Waals surface area contributed by atoms with Gasteiger partial charge in [0.2, 0.25) is 11.1 Å². The molecule has 2 aliphatic rings. The molecule has 1 fully saturated rings. The van der Waals surface area contributed by atoms with Crippen molar-refractivity contribution < 1.29 is 19.1 Å². The van der Waals surface area contributed by atoms with Crippen molar-refractivity contribution in [3.8, 4) is 5.75 Å². The first kappa shape index (κ1) is 24.3. The van der Waals surface area contributed by atoms with Gasteiger partial charge in [0.15, 0.2) is 12.4 Å². The summed E-state index contributed by atoms with van der Waals surface area (Å²) in [7, 11) is 0. The molecule has 3 heterocycles. The van der Waals surface area contributed by atoms with E-state index in [0.717, 1.165) is 29.9 Å². The summed E-state index contributed by atoms with van der Waals surface area (Å²) < 4.78 is 12.8. The standard InChI is InChI=1S/C24H31N5O4S/c1-4-5-14-34-24-26-23-25-16(2)21(17(3)30)22(29(23)27-24)18-6-8-19(9-7-18)33-15-20(31)28-10-12-32-13-11-28/h6-9,22H,4-5,10-15H2,1-3H3,(H,25,26,27). The minimum Gasteiger partial charge on any atom is -0.484 e. The van der Waals surface area contributed by atoms with Crippen molar-refractivity contribution in [2.45, 2.75) is 44.8 Å². The van der Waals surface area contributed by atoms with Crippen molar-refractivity contribution >= 4 is 29.4 Å². The van der Waals surface area contributed by atoms with Crippen molar-refractivity contribution in [1.29, 1.82) is 0 Å². The number of hydrogen-bond donors (Lipinski definition) is 1. The van der Waals surface area contributed by atoms with Crippen LogP contribution in [0, 0.1) is 0 Å². The number of Topliss-reactive ketones (excluding diaryl/α,β-unsaturated/α-hetero) is 1. The lowest BCUT2D eigenvalue weighted by Crippen LogP contribution is -2.42. The van der Waals surface area contributed by atoms with Gasteiger partial charge in [-0.25, -0.2) is 4.68 Å². The molecule has 0 aliphatic carbocycles. The third-order valence-electron chi connectivity index (χ3n) is 5.86. The van der Waals surface area contributed by atoms with Crippen LogP contribution in [0.2, 0.25) is 0 Å². The van der Waals surface area contributed by atoms with E-state index in [2.05, 4.69) is 17.2 Å². The number of unbranched alkanes of at least 4 members (excludes halogenated alkanes) is 1. The summed E-state index contributed by atoms with van der Waals surface area (Å²) in [4.78, 5) is 31.3. The number of benzene rings is 1. The van der Waals surface area contributed by atoms with Crippen LogP contribution in [0.3, 0.4) is 0 Å². The van der Waals surface area contributed by atoms with Gasteiger partial charge in [-0.1, -0.05) is 37.2 Å². The molecule has 0 bridgehead atoms. The molecule has 4 rings (SSSR count). The number of anilines is 1. The van der Waals surface area contributed by atoms with Gasteiger partial charge >= 0.3 is 0 Å². The Kier molecular flexibility index (Phi) is 7.89. The third kappa shape index (κ3) is 5.44. The van der Waals surface area contributed by atoms with Crippen molar-refractivity contribution in [3.05, 3.63) is 41.1 Å². The zero-order valence-corrected chi connectivity index (χ0v) is 20.7. The van der Waals surface area contributed by atoms with Crippen molar-refractivity contribution in [3.63, 3.8) is 0 Å². The van der Waals surface area contributed by atoms with Crippen LogP contribution in [-0.2, 0) is 14.3 Å². The molecule has 9 nitrogen and oxygen atoms in total. The molecule has 1 N–H and O–H groups in total. The molecular weight excluding hydrogens is 454 g/mol. The highest BCUT2D eigenvalue weighted by atomic mass is 32.2. The first-order valence-corrected chi connectivity index (χ1v) is 12.6. The van der Waals surface area contributed by atoms with E-state index in [9.17, 15) is 9.59 Å². The van der Waals surface area contributed by atoms with Crippen LogP contribution in [0.5, 0.6) is 5.75 Å². The van der Waals surface area contributed by atoms with Crippen LogP contribution in [0.25, 0.3) is 0 Å². The van der Waals surface area contributed by atoms with Gasteiger partial charge in [-0.3, -0.25) is 9.59 Å². The van der Waals surface area contributed by atoms with E-state index in [-0.39, 0.29) is 24.3 Å². The lowest BCUT2D eigenvalue weighted by atomic mass is 9.93. The summed E-state index contributed by atoms with van der Waals surface area (Å²) in [5.74, 6) is 2.10. The lowest BCUT2D eigenvalue weighted by molar-refractivity contribution is -0.137. The van der Waals surface area contributed by atoms with Crippen LogP contribution < -0.4 is 10.1 Å². The van der Waals surface area contributed by atoms with Gasteiger partial charge in [0, 0.05) is 30.1 Å². The first-order chi connectivity index (χ1) is 16.5. The van der Waals surface area contributed by atoms with E-state index in [4.69, 9.17) is 14.6 Å². The Balaban J connectivity index is 1.52. The minimum atomic E-state index is -0.384. The number of morpholine rings is 1. The number of ether oxygens (including phenoxy) is 2. The molecule has 0 saturated carbocycles. The maximum Gasteiger partial charge on any atom is 0.260 e. The van der Waals surface area contributed by atoms with Gasteiger partial charge in [-0.05, 0) is 38.0 Å². The molecule has 0 spiro atoms. The predicted octanol–water partition coefficient (Wildman–Crippen LogP) is 3.29. The number of amides is 1. The summed E-state index contributed by atoms with van der Waals surface area (Å²) in [5.41, 5.74) is 2.33. The molecule has 34 heavy (non-hydrogen) atoms. The van der Waals surface area contributed by atoms with Crippen molar-refractivity contribution in [2.75, 3.05) is 44.0 Å². The topological polar surface area (TPSA) is 98.6 Å². The molecule has 10 heteroatoms. The van der Waals surface area contributed by atoms with E-state index >= 15 is 0 Å². The molecule has 0 radical (unpaired) electrons. The molecule has 1 aromatic carbocycles. The number of carbonyl (C=O) groups excluding carboxylic acids is 2. The highest BCUT2D eigenvalue weighted by Crippen LogP contribution is 2.37. The van der Waals surface area contributed by atoms with Gasteiger partial charge in [0.05, 0.1) is 13.2 Å². The number of ketones is 1.